The lowest BCUT2D eigenvalue weighted by molar-refractivity contribution is 0.294. The Morgan fingerprint density at radius 2 is 2.11 bits per heavy atom. The number of nitrogens with zero attached hydrogens (tertiary/aromatic N) is 2. The quantitative estimate of drug-likeness (QED) is 0.853. The van der Waals surface area contributed by atoms with Crippen molar-refractivity contribution in [3.8, 4) is 5.75 Å². The van der Waals surface area contributed by atoms with Crippen LogP contribution in [-0.4, -0.2) is 9.78 Å². The van der Waals surface area contributed by atoms with Gasteiger partial charge in [-0.1, -0.05) is 11.6 Å². The van der Waals surface area contributed by atoms with Gasteiger partial charge in [-0.3, -0.25) is 4.68 Å². The van der Waals surface area contributed by atoms with E-state index in [0.717, 1.165) is 11.4 Å². The number of ether oxygens (including phenoxy) is 1. The number of aromatic nitrogens is 2. The molecule has 1 aromatic heterocycles. The molecule has 0 aliphatic carbocycles. The van der Waals surface area contributed by atoms with Gasteiger partial charge in [0.2, 0.25) is 0 Å². The predicted molar refractivity (Wildman–Crippen MR) is 68.4 cm³/mol. The molecule has 18 heavy (non-hydrogen) atoms. The highest BCUT2D eigenvalue weighted by Crippen LogP contribution is 2.22. The molecule has 0 saturated carbocycles. The average Bonchev–Trinajstić information content (AvgIpc) is 2.56. The summed E-state index contributed by atoms with van der Waals surface area (Å²) in [6.45, 7) is 3.85. The molecule has 0 bridgehead atoms. The molecule has 3 nitrogen and oxygen atoms in total. The lowest BCUT2D eigenvalue weighted by Gasteiger charge is -2.08. The maximum atomic E-state index is 13.1. The molecule has 2 rings (SSSR count). The summed E-state index contributed by atoms with van der Waals surface area (Å²) in [6.07, 6.45) is 0. The van der Waals surface area contributed by atoms with E-state index in [1.165, 1.54) is 6.07 Å². The predicted octanol–water partition coefficient (Wildman–Crippen LogP) is 3.41. The minimum Gasteiger partial charge on any atom is -0.487 e. The van der Waals surface area contributed by atoms with Crippen molar-refractivity contribution < 1.29 is 9.13 Å². The molecule has 1 heterocycles. The van der Waals surface area contributed by atoms with Crippen LogP contribution in [0.2, 0.25) is 5.02 Å². The standard InChI is InChI=1S/C13H14ClFN2O/c1-8-6-10(4-5-11(8)15)18-7-12-13(14)9(2)16-17(12)3/h4-6H,7H2,1-3H3. The van der Waals surface area contributed by atoms with E-state index in [1.54, 1.807) is 23.7 Å². The van der Waals surface area contributed by atoms with Crippen molar-refractivity contribution >= 4 is 11.6 Å². The molecule has 5 heteroatoms. The summed E-state index contributed by atoms with van der Waals surface area (Å²) in [4.78, 5) is 0. The smallest absolute Gasteiger partial charge is 0.131 e. The number of hydrogen-bond acceptors (Lipinski definition) is 2. The largest absolute Gasteiger partial charge is 0.487 e. The maximum absolute atomic E-state index is 13.1. The molecule has 96 valence electrons. The second kappa shape index (κ2) is 4.98. The van der Waals surface area contributed by atoms with Crippen molar-refractivity contribution in [2.75, 3.05) is 0 Å². The zero-order valence-corrected chi connectivity index (χ0v) is 11.3. The second-order valence-electron chi connectivity index (χ2n) is 4.17. The highest BCUT2D eigenvalue weighted by Gasteiger charge is 2.11. The summed E-state index contributed by atoms with van der Waals surface area (Å²) in [6, 6.07) is 4.65. The first-order chi connectivity index (χ1) is 8.49. The SMILES string of the molecule is Cc1cc(OCc2c(Cl)c(C)nn2C)ccc1F. The monoisotopic (exact) mass is 268 g/mol. The minimum atomic E-state index is -0.239. The summed E-state index contributed by atoms with van der Waals surface area (Å²) >= 11 is 6.11. The van der Waals surface area contributed by atoms with Crippen LogP contribution in [-0.2, 0) is 13.7 Å². The van der Waals surface area contributed by atoms with Gasteiger partial charge in [-0.25, -0.2) is 4.39 Å². The van der Waals surface area contributed by atoms with E-state index in [4.69, 9.17) is 16.3 Å². The molecular weight excluding hydrogens is 255 g/mol. The highest BCUT2D eigenvalue weighted by molar-refractivity contribution is 6.31. The third kappa shape index (κ3) is 2.48. The fourth-order valence-electron chi connectivity index (χ4n) is 1.70. The Balaban J connectivity index is 2.14. The zero-order valence-electron chi connectivity index (χ0n) is 10.5. The first kappa shape index (κ1) is 12.9. The third-order valence-corrected chi connectivity index (χ3v) is 3.26. The second-order valence-corrected chi connectivity index (χ2v) is 4.55. The molecule has 0 aliphatic rings. The molecule has 0 aliphatic heterocycles. The van der Waals surface area contributed by atoms with Gasteiger partial charge in [0, 0.05) is 7.05 Å². The van der Waals surface area contributed by atoms with Crippen molar-refractivity contribution in [3.63, 3.8) is 0 Å². The fourth-order valence-corrected chi connectivity index (χ4v) is 1.91. The molecular formula is C13H14ClFN2O. The van der Waals surface area contributed by atoms with E-state index in [0.29, 0.717) is 22.9 Å². The number of aryl methyl sites for hydroxylation is 3. The Labute approximate surface area is 110 Å². The van der Waals surface area contributed by atoms with Crippen LogP contribution in [0, 0.1) is 19.7 Å². The van der Waals surface area contributed by atoms with Crippen molar-refractivity contribution in [2.24, 2.45) is 7.05 Å². The van der Waals surface area contributed by atoms with Crippen LogP contribution >= 0.6 is 11.6 Å². The van der Waals surface area contributed by atoms with Crippen LogP contribution in [0.4, 0.5) is 4.39 Å². The van der Waals surface area contributed by atoms with Crippen molar-refractivity contribution in [3.05, 3.63) is 46.0 Å². The molecule has 2 aromatic rings. The van der Waals surface area contributed by atoms with Crippen molar-refractivity contribution in [1.29, 1.82) is 0 Å². The van der Waals surface area contributed by atoms with E-state index in [-0.39, 0.29) is 5.82 Å². The van der Waals surface area contributed by atoms with Crippen molar-refractivity contribution in [2.45, 2.75) is 20.5 Å². The summed E-state index contributed by atoms with van der Waals surface area (Å²) in [5, 5.41) is 4.81. The molecule has 0 radical (unpaired) electrons. The topological polar surface area (TPSA) is 27.1 Å². The van der Waals surface area contributed by atoms with E-state index in [9.17, 15) is 4.39 Å². The molecule has 0 spiro atoms. The van der Waals surface area contributed by atoms with Gasteiger partial charge in [-0.2, -0.15) is 5.10 Å². The fraction of sp³-hybridized carbons (Fsp3) is 0.308. The van der Waals surface area contributed by atoms with Gasteiger partial charge in [-0.15, -0.1) is 0 Å². The summed E-state index contributed by atoms with van der Waals surface area (Å²) in [5.74, 6) is 0.376. The van der Waals surface area contributed by atoms with Gasteiger partial charge in [-0.05, 0) is 37.6 Å². The molecule has 0 amide bonds. The van der Waals surface area contributed by atoms with Crippen LogP contribution in [0.15, 0.2) is 18.2 Å². The van der Waals surface area contributed by atoms with E-state index < -0.39 is 0 Å². The van der Waals surface area contributed by atoms with Crippen LogP contribution in [0.3, 0.4) is 0 Å². The van der Waals surface area contributed by atoms with Crippen LogP contribution < -0.4 is 4.74 Å². The van der Waals surface area contributed by atoms with Crippen molar-refractivity contribution in [1.82, 2.24) is 9.78 Å². The Kier molecular flexibility index (Phi) is 3.57. The summed E-state index contributed by atoms with van der Waals surface area (Å²) < 4.78 is 20.4. The Bertz CT molecular complexity index is 581. The van der Waals surface area contributed by atoms with E-state index in [1.807, 2.05) is 14.0 Å². The number of hydrogen-bond donors (Lipinski definition) is 0. The van der Waals surface area contributed by atoms with Crippen LogP contribution in [0.1, 0.15) is 17.0 Å². The van der Waals surface area contributed by atoms with E-state index >= 15 is 0 Å². The third-order valence-electron chi connectivity index (χ3n) is 2.77. The number of rotatable bonds is 3. The molecule has 0 unspecified atom stereocenters. The van der Waals surface area contributed by atoms with Gasteiger partial charge in [0.05, 0.1) is 16.4 Å². The molecule has 0 atom stereocenters. The first-order valence-corrected chi connectivity index (χ1v) is 5.93. The Morgan fingerprint density at radius 1 is 1.39 bits per heavy atom. The normalized spacial score (nSPS) is 10.7. The minimum absolute atomic E-state index is 0.239. The number of benzene rings is 1. The molecule has 0 N–H and O–H groups in total. The number of halogens is 2. The van der Waals surface area contributed by atoms with E-state index in [2.05, 4.69) is 5.10 Å². The van der Waals surface area contributed by atoms with Gasteiger partial charge in [0.15, 0.2) is 0 Å². The lowest BCUT2D eigenvalue weighted by Crippen LogP contribution is -2.03. The van der Waals surface area contributed by atoms with Gasteiger partial charge in [0.1, 0.15) is 18.2 Å². The maximum Gasteiger partial charge on any atom is 0.131 e. The Morgan fingerprint density at radius 3 is 2.67 bits per heavy atom. The first-order valence-electron chi connectivity index (χ1n) is 5.56. The highest BCUT2D eigenvalue weighted by atomic mass is 35.5. The van der Waals surface area contributed by atoms with Gasteiger partial charge < -0.3 is 4.74 Å². The average molecular weight is 269 g/mol. The van der Waals surface area contributed by atoms with Gasteiger partial charge in [0.25, 0.3) is 0 Å². The lowest BCUT2D eigenvalue weighted by atomic mass is 10.2. The van der Waals surface area contributed by atoms with Gasteiger partial charge >= 0.3 is 0 Å². The molecule has 0 saturated heterocycles. The van der Waals surface area contributed by atoms with Crippen LogP contribution in [0.25, 0.3) is 0 Å². The summed E-state index contributed by atoms with van der Waals surface area (Å²) in [7, 11) is 1.81. The molecule has 0 fully saturated rings. The van der Waals surface area contributed by atoms with Crippen LogP contribution in [0.5, 0.6) is 5.75 Å². The Hall–Kier alpha value is -1.55. The summed E-state index contributed by atoms with van der Waals surface area (Å²) in [5.41, 5.74) is 2.13. The molecule has 1 aromatic carbocycles. The zero-order chi connectivity index (χ0) is 13.3.